The molecule has 0 radical (unpaired) electrons. The van der Waals surface area contributed by atoms with E-state index in [4.69, 9.17) is 9.52 Å². The Hall–Kier alpha value is -2.30. The molecule has 5 heteroatoms. The summed E-state index contributed by atoms with van der Waals surface area (Å²) in [5.41, 5.74) is 1.35. The van der Waals surface area contributed by atoms with Gasteiger partial charge in [0.1, 0.15) is 5.58 Å². The van der Waals surface area contributed by atoms with Gasteiger partial charge in [0.25, 0.3) is 0 Å². The van der Waals surface area contributed by atoms with Crippen molar-refractivity contribution >= 4 is 23.3 Å². The Morgan fingerprint density at radius 2 is 2.24 bits per heavy atom. The first kappa shape index (κ1) is 11.2. The highest BCUT2D eigenvalue weighted by molar-refractivity contribution is 5.82. The maximum Gasteiger partial charge on any atom is 0.305 e. The molecule has 0 aliphatic rings. The monoisotopic (exact) mass is 233 g/mol. The van der Waals surface area contributed by atoms with E-state index >= 15 is 0 Å². The SMILES string of the molecule is O=CN[C@H](CC(=O)O)c1coc2ccccc12. The van der Waals surface area contributed by atoms with Crippen LogP contribution in [0.25, 0.3) is 11.0 Å². The van der Waals surface area contributed by atoms with E-state index in [-0.39, 0.29) is 6.42 Å². The Labute approximate surface area is 97.0 Å². The molecule has 1 amide bonds. The molecule has 0 saturated carbocycles. The molecule has 1 aromatic heterocycles. The van der Waals surface area contributed by atoms with Gasteiger partial charge in [-0.1, -0.05) is 18.2 Å². The molecule has 88 valence electrons. The van der Waals surface area contributed by atoms with Crippen LogP contribution < -0.4 is 5.32 Å². The molecule has 2 rings (SSSR count). The van der Waals surface area contributed by atoms with Crippen LogP contribution in [-0.4, -0.2) is 17.5 Å². The van der Waals surface area contributed by atoms with Gasteiger partial charge in [0.05, 0.1) is 18.7 Å². The number of carboxylic acid groups (broad SMARTS) is 1. The van der Waals surface area contributed by atoms with Gasteiger partial charge in [-0.3, -0.25) is 9.59 Å². The third-order valence-corrected chi connectivity index (χ3v) is 2.53. The van der Waals surface area contributed by atoms with Crippen LogP contribution in [0.1, 0.15) is 18.0 Å². The minimum Gasteiger partial charge on any atom is -0.481 e. The van der Waals surface area contributed by atoms with Crippen molar-refractivity contribution in [3.63, 3.8) is 0 Å². The molecule has 0 unspecified atom stereocenters. The van der Waals surface area contributed by atoms with Gasteiger partial charge < -0.3 is 14.8 Å². The number of rotatable bonds is 5. The Bertz CT molecular complexity index is 546. The molecular weight excluding hydrogens is 222 g/mol. The second-order valence-corrected chi connectivity index (χ2v) is 3.62. The molecule has 0 spiro atoms. The molecule has 0 aliphatic carbocycles. The average molecular weight is 233 g/mol. The Morgan fingerprint density at radius 1 is 1.47 bits per heavy atom. The summed E-state index contributed by atoms with van der Waals surface area (Å²) in [6, 6.07) is 6.70. The third kappa shape index (κ3) is 2.28. The van der Waals surface area contributed by atoms with Crippen LogP contribution in [0.3, 0.4) is 0 Å². The number of carboxylic acids is 1. The zero-order valence-corrected chi connectivity index (χ0v) is 8.92. The van der Waals surface area contributed by atoms with Crippen LogP contribution >= 0.6 is 0 Å². The first-order chi connectivity index (χ1) is 8.22. The van der Waals surface area contributed by atoms with Crippen LogP contribution in [0.5, 0.6) is 0 Å². The van der Waals surface area contributed by atoms with Crippen molar-refractivity contribution in [2.75, 3.05) is 0 Å². The second kappa shape index (κ2) is 4.69. The molecule has 0 saturated heterocycles. The van der Waals surface area contributed by atoms with E-state index in [2.05, 4.69) is 5.32 Å². The molecule has 2 N–H and O–H groups in total. The number of nitrogens with one attached hydrogen (secondary N) is 1. The van der Waals surface area contributed by atoms with E-state index in [1.807, 2.05) is 18.2 Å². The summed E-state index contributed by atoms with van der Waals surface area (Å²) in [5.74, 6) is -0.977. The van der Waals surface area contributed by atoms with Gasteiger partial charge in [0.15, 0.2) is 0 Å². The fraction of sp³-hybridized carbons (Fsp3) is 0.167. The van der Waals surface area contributed by atoms with E-state index in [0.29, 0.717) is 17.6 Å². The van der Waals surface area contributed by atoms with Crippen molar-refractivity contribution in [2.24, 2.45) is 0 Å². The molecule has 0 aliphatic heterocycles. The van der Waals surface area contributed by atoms with E-state index < -0.39 is 12.0 Å². The van der Waals surface area contributed by atoms with Gasteiger partial charge in [-0.05, 0) is 6.07 Å². The topological polar surface area (TPSA) is 79.5 Å². The summed E-state index contributed by atoms with van der Waals surface area (Å²) in [5, 5.41) is 12.1. The van der Waals surface area contributed by atoms with Crippen molar-refractivity contribution in [1.82, 2.24) is 5.32 Å². The number of carbonyl (C=O) groups excluding carboxylic acids is 1. The Balaban J connectivity index is 2.40. The highest BCUT2D eigenvalue weighted by Crippen LogP contribution is 2.27. The Kier molecular flexibility index (Phi) is 3.09. The lowest BCUT2D eigenvalue weighted by atomic mass is 10.0. The van der Waals surface area contributed by atoms with Crippen molar-refractivity contribution in [3.8, 4) is 0 Å². The molecule has 17 heavy (non-hydrogen) atoms. The third-order valence-electron chi connectivity index (χ3n) is 2.53. The number of amides is 1. The van der Waals surface area contributed by atoms with Crippen LogP contribution in [-0.2, 0) is 9.59 Å². The van der Waals surface area contributed by atoms with Gasteiger partial charge in [0.2, 0.25) is 6.41 Å². The molecule has 2 aromatic rings. The number of fused-ring (bicyclic) bond motifs is 1. The van der Waals surface area contributed by atoms with Gasteiger partial charge in [-0.25, -0.2) is 0 Å². The standard InChI is InChI=1S/C12H11NO4/c14-7-13-10(5-12(15)16)9-6-17-11-4-2-1-3-8(9)11/h1-4,6-7,10H,5H2,(H,13,14)(H,15,16)/t10-/m1/s1. The lowest BCUT2D eigenvalue weighted by molar-refractivity contribution is -0.137. The maximum absolute atomic E-state index is 10.7. The van der Waals surface area contributed by atoms with Crippen LogP contribution in [0, 0.1) is 0 Å². The first-order valence-electron chi connectivity index (χ1n) is 5.10. The van der Waals surface area contributed by atoms with E-state index in [0.717, 1.165) is 5.39 Å². The number of hydrogen-bond acceptors (Lipinski definition) is 3. The lowest BCUT2D eigenvalue weighted by Crippen LogP contribution is -2.22. The molecule has 1 heterocycles. The minimum atomic E-state index is -0.977. The van der Waals surface area contributed by atoms with Crippen molar-refractivity contribution in [2.45, 2.75) is 12.5 Å². The predicted molar refractivity (Wildman–Crippen MR) is 60.4 cm³/mol. The maximum atomic E-state index is 10.7. The average Bonchev–Trinajstić information content (AvgIpc) is 2.71. The van der Waals surface area contributed by atoms with Crippen molar-refractivity contribution in [3.05, 3.63) is 36.1 Å². The fourth-order valence-corrected chi connectivity index (χ4v) is 1.78. The fourth-order valence-electron chi connectivity index (χ4n) is 1.78. The van der Waals surface area contributed by atoms with Gasteiger partial charge in [-0.15, -0.1) is 0 Å². The van der Waals surface area contributed by atoms with Crippen molar-refractivity contribution < 1.29 is 19.1 Å². The van der Waals surface area contributed by atoms with E-state index in [1.165, 1.54) is 6.26 Å². The second-order valence-electron chi connectivity index (χ2n) is 3.62. The summed E-state index contributed by atoms with van der Waals surface area (Å²) in [7, 11) is 0. The zero-order valence-electron chi connectivity index (χ0n) is 8.92. The van der Waals surface area contributed by atoms with Gasteiger partial charge in [0, 0.05) is 10.9 Å². The van der Waals surface area contributed by atoms with Crippen LogP contribution in [0.4, 0.5) is 0 Å². The quantitative estimate of drug-likeness (QED) is 0.770. The summed E-state index contributed by atoms with van der Waals surface area (Å²) in [6.07, 6.45) is 1.80. The minimum absolute atomic E-state index is 0.178. The van der Waals surface area contributed by atoms with Crippen LogP contribution in [0.15, 0.2) is 34.9 Å². The summed E-state index contributed by atoms with van der Waals surface area (Å²) >= 11 is 0. The number of para-hydroxylation sites is 1. The summed E-state index contributed by atoms with van der Waals surface area (Å²) in [6.45, 7) is 0. The largest absolute Gasteiger partial charge is 0.481 e. The number of hydrogen-bond donors (Lipinski definition) is 2. The first-order valence-corrected chi connectivity index (χ1v) is 5.10. The number of benzene rings is 1. The molecule has 1 aromatic carbocycles. The Morgan fingerprint density at radius 3 is 2.94 bits per heavy atom. The normalized spacial score (nSPS) is 12.2. The molecule has 0 fully saturated rings. The molecule has 0 bridgehead atoms. The summed E-state index contributed by atoms with van der Waals surface area (Å²) in [4.78, 5) is 21.2. The van der Waals surface area contributed by atoms with E-state index in [1.54, 1.807) is 6.07 Å². The zero-order chi connectivity index (χ0) is 12.3. The number of carbonyl (C=O) groups is 2. The molecule has 1 atom stereocenters. The smallest absolute Gasteiger partial charge is 0.305 e. The predicted octanol–water partition coefficient (Wildman–Crippen LogP) is 1.69. The highest BCUT2D eigenvalue weighted by atomic mass is 16.4. The van der Waals surface area contributed by atoms with E-state index in [9.17, 15) is 9.59 Å². The van der Waals surface area contributed by atoms with Gasteiger partial charge >= 0.3 is 5.97 Å². The molecule has 5 nitrogen and oxygen atoms in total. The number of furan rings is 1. The van der Waals surface area contributed by atoms with Crippen molar-refractivity contribution in [1.29, 1.82) is 0 Å². The summed E-state index contributed by atoms with van der Waals surface area (Å²) < 4.78 is 5.31. The number of aliphatic carboxylic acids is 1. The lowest BCUT2D eigenvalue weighted by Gasteiger charge is -2.11. The van der Waals surface area contributed by atoms with Gasteiger partial charge in [-0.2, -0.15) is 0 Å². The highest BCUT2D eigenvalue weighted by Gasteiger charge is 2.19. The molecular formula is C12H11NO4. The van der Waals surface area contributed by atoms with Crippen LogP contribution in [0.2, 0.25) is 0 Å².